The molecule has 2 heterocycles. The quantitative estimate of drug-likeness (QED) is 0.549. The number of piperazine rings is 1. The Bertz CT molecular complexity index is 704. The predicted molar refractivity (Wildman–Crippen MR) is 127 cm³/mol. The fraction of sp³-hybridized carbons (Fsp3) is 0.652. The highest BCUT2D eigenvalue weighted by Gasteiger charge is 2.18. The van der Waals surface area contributed by atoms with Crippen molar-refractivity contribution in [1.29, 1.82) is 0 Å². The molecule has 3 rings (SSSR count). The second-order valence-electron chi connectivity index (χ2n) is 8.21. The Balaban J connectivity index is 1.18. The number of anilines is 1. The third kappa shape index (κ3) is 8.35. The molecular formula is C23H36N4O3S. The molecule has 8 heteroatoms. The van der Waals surface area contributed by atoms with Gasteiger partial charge in [-0.25, -0.2) is 0 Å². The highest BCUT2D eigenvalue weighted by Crippen LogP contribution is 2.17. The minimum absolute atomic E-state index is 0.0200. The average Bonchev–Trinajstić information content (AvgIpc) is 2.80. The lowest BCUT2D eigenvalue weighted by molar-refractivity contribution is -0.132. The molecule has 2 aliphatic rings. The van der Waals surface area contributed by atoms with Crippen LogP contribution in [-0.2, 0) is 14.3 Å². The lowest BCUT2D eigenvalue weighted by atomic mass is 10.2. The normalized spacial score (nSPS) is 17.6. The van der Waals surface area contributed by atoms with Gasteiger partial charge < -0.3 is 19.9 Å². The second kappa shape index (κ2) is 12.9. The topological polar surface area (TPSA) is 65.1 Å². The summed E-state index contributed by atoms with van der Waals surface area (Å²) in [6.07, 6.45) is 2.08. The van der Waals surface area contributed by atoms with E-state index < -0.39 is 0 Å². The first kappa shape index (κ1) is 23.9. The maximum absolute atomic E-state index is 12.1. The molecule has 2 fully saturated rings. The van der Waals surface area contributed by atoms with Crippen LogP contribution >= 0.6 is 11.8 Å². The van der Waals surface area contributed by atoms with Gasteiger partial charge in [-0.1, -0.05) is 12.1 Å². The first-order valence-corrected chi connectivity index (χ1v) is 12.5. The van der Waals surface area contributed by atoms with Crippen molar-refractivity contribution in [3.63, 3.8) is 0 Å². The Kier molecular flexibility index (Phi) is 9.96. The summed E-state index contributed by atoms with van der Waals surface area (Å²) in [4.78, 5) is 30.8. The number of amides is 2. The fourth-order valence-corrected chi connectivity index (χ4v) is 4.68. The average molecular weight is 449 g/mol. The minimum atomic E-state index is 0.0200. The Labute approximate surface area is 190 Å². The molecule has 0 radical (unpaired) electrons. The van der Waals surface area contributed by atoms with E-state index in [0.29, 0.717) is 44.4 Å². The molecule has 0 aromatic heterocycles. The molecule has 0 bridgehead atoms. The number of ether oxygens (including phenoxy) is 1. The van der Waals surface area contributed by atoms with Crippen molar-refractivity contribution in [3.8, 4) is 0 Å². The van der Waals surface area contributed by atoms with Crippen molar-refractivity contribution in [3.05, 3.63) is 29.8 Å². The van der Waals surface area contributed by atoms with Gasteiger partial charge in [0.2, 0.25) is 11.8 Å². The maximum Gasteiger partial charge on any atom is 0.232 e. The number of hydrogen-bond donors (Lipinski definition) is 1. The van der Waals surface area contributed by atoms with E-state index in [-0.39, 0.29) is 11.8 Å². The molecule has 2 saturated heterocycles. The Morgan fingerprint density at radius 1 is 1.03 bits per heavy atom. The van der Waals surface area contributed by atoms with Gasteiger partial charge in [0, 0.05) is 51.5 Å². The minimum Gasteiger partial charge on any atom is -0.378 e. The molecule has 2 aliphatic heterocycles. The molecule has 1 aromatic carbocycles. The Morgan fingerprint density at radius 2 is 1.81 bits per heavy atom. The molecule has 7 nitrogen and oxygen atoms in total. The van der Waals surface area contributed by atoms with Crippen molar-refractivity contribution in [2.24, 2.45) is 0 Å². The molecule has 0 spiro atoms. The van der Waals surface area contributed by atoms with Crippen LogP contribution in [0.25, 0.3) is 0 Å². The summed E-state index contributed by atoms with van der Waals surface area (Å²) in [7, 11) is 0. The van der Waals surface area contributed by atoms with E-state index in [1.165, 1.54) is 23.0 Å². The van der Waals surface area contributed by atoms with E-state index in [1.807, 2.05) is 4.90 Å². The van der Waals surface area contributed by atoms with Crippen LogP contribution < -0.4 is 10.2 Å². The number of thioether (sulfide) groups is 1. The van der Waals surface area contributed by atoms with Crippen LogP contribution in [0.5, 0.6) is 0 Å². The first-order chi connectivity index (χ1) is 15.1. The van der Waals surface area contributed by atoms with Gasteiger partial charge in [-0.05, 0) is 44.0 Å². The number of aryl methyl sites for hydroxylation is 1. The third-order valence-corrected chi connectivity index (χ3v) is 6.70. The van der Waals surface area contributed by atoms with Crippen molar-refractivity contribution < 1.29 is 14.3 Å². The zero-order valence-corrected chi connectivity index (χ0v) is 19.5. The highest BCUT2D eigenvalue weighted by atomic mass is 32.2. The van der Waals surface area contributed by atoms with Gasteiger partial charge in [0.25, 0.3) is 0 Å². The van der Waals surface area contributed by atoms with Crippen LogP contribution in [0.3, 0.4) is 0 Å². The Hall–Kier alpha value is -1.77. The molecule has 1 N–H and O–H groups in total. The van der Waals surface area contributed by atoms with Gasteiger partial charge in [0.15, 0.2) is 0 Å². The van der Waals surface area contributed by atoms with Gasteiger partial charge in [-0.2, -0.15) is 0 Å². The van der Waals surface area contributed by atoms with E-state index >= 15 is 0 Å². The number of hydrogen-bond acceptors (Lipinski definition) is 6. The summed E-state index contributed by atoms with van der Waals surface area (Å²) in [5.41, 5.74) is 2.64. The van der Waals surface area contributed by atoms with Crippen LogP contribution in [0.15, 0.2) is 24.3 Å². The SMILES string of the molecule is Cc1cccc(N2CCN(CCCCNC(=O)CSCC(=O)N3CCOCC3)CC2)c1. The lowest BCUT2D eigenvalue weighted by Gasteiger charge is -2.36. The van der Waals surface area contributed by atoms with Crippen LogP contribution in [0.2, 0.25) is 0 Å². The van der Waals surface area contributed by atoms with Gasteiger partial charge in [-0.15, -0.1) is 11.8 Å². The summed E-state index contributed by atoms with van der Waals surface area (Å²) in [5, 5.41) is 2.98. The van der Waals surface area contributed by atoms with Gasteiger partial charge in [0.05, 0.1) is 24.7 Å². The fourth-order valence-electron chi connectivity index (χ4n) is 3.93. The number of unbranched alkanes of at least 4 members (excludes halogenated alkanes) is 1. The van der Waals surface area contributed by atoms with Gasteiger partial charge in [-0.3, -0.25) is 14.5 Å². The molecule has 172 valence electrons. The number of benzene rings is 1. The number of nitrogens with one attached hydrogen (secondary N) is 1. The Morgan fingerprint density at radius 3 is 2.55 bits per heavy atom. The number of nitrogens with zero attached hydrogens (tertiary/aromatic N) is 3. The van der Waals surface area contributed by atoms with E-state index in [0.717, 1.165) is 45.6 Å². The van der Waals surface area contributed by atoms with Crippen molar-refractivity contribution in [1.82, 2.24) is 15.1 Å². The van der Waals surface area contributed by atoms with E-state index in [4.69, 9.17) is 4.74 Å². The molecule has 0 atom stereocenters. The molecular weight excluding hydrogens is 412 g/mol. The van der Waals surface area contributed by atoms with Crippen molar-refractivity contribution in [2.75, 3.05) is 82.0 Å². The zero-order valence-electron chi connectivity index (χ0n) is 18.7. The second-order valence-corrected chi connectivity index (χ2v) is 9.20. The summed E-state index contributed by atoms with van der Waals surface area (Å²) in [6, 6.07) is 8.73. The predicted octanol–water partition coefficient (Wildman–Crippen LogP) is 1.61. The number of carbonyl (C=O) groups is 2. The molecule has 0 saturated carbocycles. The van der Waals surface area contributed by atoms with Crippen LogP contribution in [0, 0.1) is 6.92 Å². The number of rotatable bonds is 10. The monoisotopic (exact) mass is 448 g/mol. The molecule has 1 aromatic rings. The van der Waals surface area contributed by atoms with Crippen LogP contribution in [0.4, 0.5) is 5.69 Å². The summed E-state index contributed by atoms with van der Waals surface area (Å²) in [5.74, 6) is 0.828. The van der Waals surface area contributed by atoms with Crippen LogP contribution in [0.1, 0.15) is 18.4 Å². The molecule has 0 unspecified atom stereocenters. The van der Waals surface area contributed by atoms with Crippen molar-refractivity contribution >= 4 is 29.3 Å². The van der Waals surface area contributed by atoms with E-state index in [2.05, 4.69) is 46.3 Å². The molecule has 2 amide bonds. The van der Waals surface area contributed by atoms with E-state index in [9.17, 15) is 9.59 Å². The number of carbonyl (C=O) groups excluding carboxylic acids is 2. The molecule has 31 heavy (non-hydrogen) atoms. The third-order valence-electron chi connectivity index (χ3n) is 5.78. The largest absolute Gasteiger partial charge is 0.378 e. The van der Waals surface area contributed by atoms with Crippen molar-refractivity contribution in [2.45, 2.75) is 19.8 Å². The summed E-state index contributed by atoms with van der Waals surface area (Å²) < 4.78 is 5.25. The standard InChI is InChI=1S/C23H36N4O3S/c1-20-5-4-6-21(17-20)26-11-9-25(10-12-26)8-3-2-7-24-22(28)18-31-19-23(29)27-13-15-30-16-14-27/h4-6,17H,2-3,7-16,18-19H2,1H3,(H,24,28). The van der Waals surface area contributed by atoms with Gasteiger partial charge in [0.1, 0.15) is 0 Å². The zero-order chi connectivity index (χ0) is 21.9. The highest BCUT2D eigenvalue weighted by molar-refractivity contribution is 8.00. The van der Waals surface area contributed by atoms with Gasteiger partial charge >= 0.3 is 0 Å². The summed E-state index contributed by atoms with van der Waals surface area (Å²) in [6.45, 7) is 10.8. The first-order valence-electron chi connectivity index (χ1n) is 11.4. The van der Waals surface area contributed by atoms with Crippen LogP contribution in [-0.4, -0.2) is 98.7 Å². The smallest absolute Gasteiger partial charge is 0.232 e. The maximum atomic E-state index is 12.1. The molecule has 0 aliphatic carbocycles. The lowest BCUT2D eigenvalue weighted by Crippen LogP contribution is -2.46. The van der Waals surface area contributed by atoms with E-state index in [1.54, 1.807) is 0 Å². The summed E-state index contributed by atoms with van der Waals surface area (Å²) >= 11 is 1.39. The number of morpholine rings is 1.